The summed E-state index contributed by atoms with van der Waals surface area (Å²) in [5.41, 5.74) is -2.59. The second kappa shape index (κ2) is 5.43. The van der Waals surface area contributed by atoms with Crippen molar-refractivity contribution in [3.8, 4) is 0 Å². The molecular formula is C8H7BClFO7. The van der Waals surface area contributed by atoms with E-state index in [1.807, 2.05) is 0 Å². The largest absolute Gasteiger partial charge is 0.527 e. The number of hydrogen-bond donors (Lipinski definition) is 0. The highest BCUT2D eigenvalue weighted by Crippen LogP contribution is 2.32. The molecule has 2 radical (unpaired) electrons. The topological polar surface area (TPSA) is 88.1 Å². The number of ether oxygens (including phenoxy) is 3. The number of alkyl halides is 1. The first kappa shape index (κ1) is 14.6. The van der Waals surface area contributed by atoms with Gasteiger partial charge in [0, 0.05) is 0 Å². The summed E-state index contributed by atoms with van der Waals surface area (Å²) in [6, 6.07) is 0. The summed E-state index contributed by atoms with van der Waals surface area (Å²) in [6.07, 6.45) is -4.25. The average molecular weight is 280 g/mol. The first-order chi connectivity index (χ1) is 8.28. The Labute approximate surface area is 107 Å². The molecular weight excluding hydrogens is 273 g/mol. The number of hydrogen-bond acceptors (Lipinski definition) is 7. The third-order valence-corrected chi connectivity index (χ3v) is 2.33. The Morgan fingerprint density at radius 1 is 1.61 bits per heavy atom. The van der Waals surface area contributed by atoms with E-state index < -0.39 is 42.5 Å². The number of carbonyl (C=O) groups excluding carboxylic acids is 3. The van der Waals surface area contributed by atoms with Crippen molar-refractivity contribution in [2.45, 2.75) is 24.8 Å². The molecule has 1 aliphatic heterocycles. The predicted molar refractivity (Wildman–Crippen MR) is 53.7 cm³/mol. The molecule has 1 saturated heterocycles. The van der Waals surface area contributed by atoms with Crippen LogP contribution in [0.1, 0.15) is 6.92 Å². The first-order valence-corrected chi connectivity index (χ1v) is 4.91. The van der Waals surface area contributed by atoms with Gasteiger partial charge < -0.3 is 18.5 Å². The Balaban J connectivity index is 2.73. The molecule has 7 nitrogen and oxygen atoms in total. The lowest BCUT2D eigenvalue weighted by molar-refractivity contribution is -0.150. The van der Waals surface area contributed by atoms with Crippen LogP contribution < -0.4 is 0 Å². The van der Waals surface area contributed by atoms with Crippen molar-refractivity contribution in [1.29, 1.82) is 0 Å². The van der Waals surface area contributed by atoms with Crippen LogP contribution in [-0.2, 0) is 23.3 Å². The summed E-state index contributed by atoms with van der Waals surface area (Å²) in [4.78, 5) is 32.4. The minimum absolute atomic E-state index is 0.602. The van der Waals surface area contributed by atoms with E-state index in [0.717, 1.165) is 6.92 Å². The van der Waals surface area contributed by atoms with Crippen LogP contribution >= 0.6 is 11.9 Å². The summed E-state index contributed by atoms with van der Waals surface area (Å²) >= 11 is 4.68. The third kappa shape index (κ3) is 3.03. The number of carbonyl (C=O) groups is 3. The van der Waals surface area contributed by atoms with Gasteiger partial charge >= 0.3 is 12.1 Å². The van der Waals surface area contributed by atoms with E-state index >= 15 is 0 Å². The number of esters is 1. The maximum atomic E-state index is 13.9. The van der Waals surface area contributed by atoms with Crippen molar-refractivity contribution in [2.24, 2.45) is 0 Å². The van der Waals surface area contributed by atoms with Crippen molar-refractivity contribution in [2.75, 3.05) is 6.61 Å². The van der Waals surface area contributed by atoms with Gasteiger partial charge in [-0.05, 0) is 6.92 Å². The molecule has 1 rings (SSSR count). The van der Waals surface area contributed by atoms with E-state index in [0.29, 0.717) is 0 Å². The second-order valence-corrected chi connectivity index (χ2v) is 3.67. The Morgan fingerprint density at radius 3 is 2.72 bits per heavy atom. The van der Waals surface area contributed by atoms with Crippen molar-refractivity contribution in [3.63, 3.8) is 0 Å². The molecule has 0 aromatic heterocycles. The molecule has 1 aliphatic rings. The van der Waals surface area contributed by atoms with Crippen LogP contribution in [0.15, 0.2) is 0 Å². The van der Waals surface area contributed by atoms with Crippen LogP contribution in [0, 0.1) is 0 Å². The number of halogens is 2. The van der Waals surface area contributed by atoms with E-state index in [-0.39, 0.29) is 0 Å². The van der Waals surface area contributed by atoms with Crippen LogP contribution in [-0.4, -0.2) is 50.3 Å². The molecule has 3 atom stereocenters. The minimum atomic E-state index is -2.59. The van der Waals surface area contributed by atoms with Gasteiger partial charge in [-0.3, -0.25) is 4.79 Å². The zero-order valence-electron chi connectivity index (χ0n) is 9.05. The van der Waals surface area contributed by atoms with Gasteiger partial charge in [0.2, 0.25) is 19.4 Å². The summed E-state index contributed by atoms with van der Waals surface area (Å²) in [6.45, 7) is 0.248. The molecule has 1 fully saturated rings. The zero-order valence-corrected chi connectivity index (χ0v) is 9.81. The number of rotatable bonds is 3. The highest BCUT2D eigenvalue weighted by Gasteiger charge is 2.58. The SMILES string of the molecule is [B]C(=O)O[C@@H]1[C@@H](COC(=O)OCl)OC(=O)[C@]1(C)F. The minimum Gasteiger partial charge on any atom is -0.463 e. The summed E-state index contributed by atoms with van der Waals surface area (Å²) < 4.78 is 30.9. The van der Waals surface area contributed by atoms with Crippen LogP contribution in [0.4, 0.5) is 14.0 Å². The molecule has 0 aliphatic carbocycles. The van der Waals surface area contributed by atoms with Crippen LogP contribution in [0.25, 0.3) is 0 Å². The first-order valence-electron chi connectivity index (χ1n) is 4.60. The molecule has 0 aromatic carbocycles. The molecule has 98 valence electrons. The Hall–Kier alpha value is -1.51. The predicted octanol–water partition coefficient (Wildman–Crippen LogP) is 0.621. The van der Waals surface area contributed by atoms with Crippen LogP contribution in [0.5, 0.6) is 0 Å². The second-order valence-electron chi connectivity index (χ2n) is 3.51. The number of cyclic esters (lactones) is 1. The maximum Gasteiger partial charge on any atom is 0.527 e. The standard InChI is InChI=1S/C8H7BClFO7/c1-8(11)4(17-6(9)13)3(16-5(8)12)2-15-7(14)18-10/h3-4H,2H2,1H3/t3-,4-,8-/m1/s1. The van der Waals surface area contributed by atoms with Crippen molar-refractivity contribution >= 4 is 37.7 Å². The van der Waals surface area contributed by atoms with E-state index in [1.165, 1.54) is 0 Å². The third-order valence-electron chi connectivity index (χ3n) is 2.20. The fraction of sp³-hybridized carbons (Fsp3) is 0.625. The Kier molecular flexibility index (Phi) is 4.39. The van der Waals surface area contributed by atoms with Crippen molar-refractivity contribution < 1.29 is 37.3 Å². The van der Waals surface area contributed by atoms with E-state index in [1.54, 1.807) is 0 Å². The lowest BCUT2D eigenvalue weighted by atomic mass is 9.99. The quantitative estimate of drug-likeness (QED) is 0.425. The summed E-state index contributed by atoms with van der Waals surface area (Å²) in [7, 11) is 4.73. The van der Waals surface area contributed by atoms with Gasteiger partial charge in [0.05, 0.1) is 0 Å². The molecule has 18 heavy (non-hydrogen) atoms. The lowest BCUT2D eigenvalue weighted by Gasteiger charge is -2.21. The average Bonchev–Trinajstić information content (AvgIpc) is 2.49. The lowest BCUT2D eigenvalue weighted by Crippen LogP contribution is -2.44. The monoisotopic (exact) mass is 280 g/mol. The summed E-state index contributed by atoms with van der Waals surface area (Å²) in [5.74, 6) is -2.56. The molecule has 0 unspecified atom stereocenters. The van der Waals surface area contributed by atoms with E-state index in [4.69, 9.17) is 7.85 Å². The van der Waals surface area contributed by atoms with Gasteiger partial charge in [-0.15, -0.1) is 0 Å². The zero-order chi connectivity index (χ0) is 13.9. The van der Waals surface area contributed by atoms with Crippen LogP contribution in [0.2, 0.25) is 0 Å². The molecule has 10 heteroatoms. The van der Waals surface area contributed by atoms with Gasteiger partial charge in [0.25, 0.3) is 0 Å². The molecule has 0 N–H and O–H groups in total. The van der Waals surface area contributed by atoms with Gasteiger partial charge in [0.15, 0.2) is 12.2 Å². The highest BCUT2D eigenvalue weighted by molar-refractivity contribution is 6.55. The smallest absolute Gasteiger partial charge is 0.463 e. The molecule has 1 heterocycles. The van der Waals surface area contributed by atoms with Crippen molar-refractivity contribution in [1.82, 2.24) is 0 Å². The highest BCUT2D eigenvalue weighted by atomic mass is 35.5. The van der Waals surface area contributed by atoms with Gasteiger partial charge in [-0.25, -0.2) is 14.0 Å². The fourth-order valence-corrected chi connectivity index (χ4v) is 1.43. The summed E-state index contributed by atoms with van der Waals surface area (Å²) in [5, 5.41) is 0. The molecule has 0 aromatic rings. The van der Waals surface area contributed by atoms with E-state index in [9.17, 15) is 18.8 Å². The van der Waals surface area contributed by atoms with Crippen LogP contribution in [0.3, 0.4) is 0 Å². The molecule has 0 amide bonds. The van der Waals surface area contributed by atoms with Gasteiger partial charge in [-0.2, -0.15) is 0 Å². The molecule has 0 spiro atoms. The maximum absolute atomic E-state index is 13.9. The normalized spacial score (nSPS) is 30.5. The molecule has 0 bridgehead atoms. The Bertz CT molecular complexity index is 374. The van der Waals surface area contributed by atoms with Gasteiger partial charge in [0.1, 0.15) is 18.5 Å². The van der Waals surface area contributed by atoms with Gasteiger partial charge in [-0.1, -0.05) is 0 Å². The Morgan fingerprint density at radius 2 is 2.22 bits per heavy atom. The molecule has 0 saturated carbocycles. The fourth-order valence-electron chi connectivity index (χ4n) is 1.39. The van der Waals surface area contributed by atoms with Crippen molar-refractivity contribution in [3.05, 3.63) is 0 Å². The van der Waals surface area contributed by atoms with E-state index in [2.05, 4.69) is 30.4 Å².